The molecule has 2 atom stereocenters. The minimum Gasteiger partial charge on any atom is -0.496 e. The van der Waals surface area contributed by atoms with Gasteiger partial charge in [-0.25, -0.2) is 9.97 Å². The van der Waals surface area contributed by atoms with Gasteiger partial charge in [-0.1, -0.05) is 36.9 Å². The average molecular weight is 303 g/mol. The molecule has 1 heterocycles. The number of para-hydroxylation sites is 1. The molecule has 0 saturated heterocycles. The lowest BCUT2D eigenvalue weighted by molar-refractivity contribution is 0.407. The van der Waals surface area contributed by atoms with Crippen molar-refractivity contribution in [1.29, 1.82) is 0 Å². The molecule has 0 aliphatic rings. The largest absolute Gasteiger partial charge is 0.496 e. The SMILES string of the molecule is CCC(N)C(Sc1ncc(C)cn1)c1ccccc1OC. The third-order valence-corrected chi connectivity index (χ3v) is 4.57. The van der Waals surface area contributed by atoms with Crippen LogP contribution in [0.5, 0.6) is 5.75 Å². The van der Waals surface area contributed by atoms with Gasteiger partial charge in [0.15, 0.2) is 5.16 Å². The fourth-order valence-electron chi connectivity index (χ4n) is 2.05. The summed E-state index contributed by atoms with van der Waals surface area (Å²) in [4.78, 5) is 8.74. The van der Waals surface area contributed by atoms with Crippen LogP contribution in [0.15, 0.2) is 41.8 Å². The van der Waals surface area contributed by atoms with Gasteiger partial charge in [-0.3, -0.25) is 0 Å². The Hall–Kier alpha value is -1.59. The zero-order valence-electron chi connectivity index (χ0n) is 12.6. The number of benzene rings is 1. The van der Waals surface area contributed by atoms with Crippen LogP contribution in [0.3, 0.4) is 0 Å². The summed E-state index contributed by atoms with van der Waals surface area (Å²) in [5.41, 5.74) is 8.45. The predicted octanol–water partition coefficient (Wildman–Crippen LogP) is 3.36. The molecule has 0 aliphatic carbocycles. The smallest absolute Gasteiger partial charge is 0.188 e. The van der Waals surface area contributed by atoms with Crippen molar-refractivity contribution in [3.05, 3.63) is 47.8 Å². The third kappa shape index (κ3) is 3.95. The molecule has 0 saturated carbocycles. The van der Waals surface area contributed by atoms with Gasteiger partial charge in [0, 0.05) is 24.0 Å². The second kappa shape index (κ2) is 7.43. The van der Waals surface area contributed by atoms with E-state index in [1.165, 1.54) is 0 Å². The molecular formula is C16H21N3OS. The van der Waals surface area contributed by atoms with Gasteiger partial charge >= 0.3 is 0 Å². The Morgan fingerprint density at radius 2 is 1.90 bits per heavy atom. The number of hydrogen-bond donors (Lipinski definition) is 1. The summed E-state index contributed by atoms with van der Waals surface area (Å²) in [5.74, 6) is 0.853. The van der Waals surface area contributed by atoms with E-state index in [0.717, 1.165) is 28.5 Å². The Morgan fingerprint density at radius 1 is 1.24 bits per heavy atom. The molecular weight excluding hydrogens is 282 g/mol. The number of methoxy groups -OCH3 is 1. The summed E-state index contributed by atoms with van der Waals surface area (Å²) < 4.78 is 5.47. The number of ether oxygens (including phenoxy) is 1. The van der Waals surface area contributed by atoms with Crippen LogP contribution in [0, 0.1) is 6.92 Å². The highest BCUT2D eigenvalue weighted by molar-refractivity contribution is 7.99. The van der Waals surface area contributed by atoms with E-state index in [1.807, 2.05) is 37.5 Å². The zero-order chi connectivity index (χ0) is 15.2. The molecule has 0 fully saturated rings. The molecule has 4 nitrogen and oxygen atoms in total. The lowest BCUT2D eigenvalue weighted by Gasteiger charge is -2.23. The monoisotopic (exact) mass is 303 g/mol. The number of aromatic nitrogens is 2. The molecule has 2 aromatic rings. The lowest BCUT2D eigenvalue weighted by Crippen LogP contribution is -2.26. The molecule has 0 radical (unpaired) electrons. The minimum absolute atomic E-state index is 0.0104. The van der Waals surface area contributed by atoms with Gasteiger partial charge < -0.3 is 10.5 Å². The summed E-state index contributed by atoms with van der Waals surface area (Å²) in [6.45, 7) is 4.06. The standard InChI is InChI=1S/C16H21N3OS/c1-4-13(17)15(12-7-5-6-8-14(12)20-3)21-16-18-9-11(2)10-19-16/h5-10,13,15H,4,17H2,1-3H3. The first-order valence-electron chi connectivity index (χ1n) is 6.99. The molecule has 0 spiro atoms. The highest BCUT2D eigenvalue weighted by Gasteiger charge is 2.24. The molecule has 0 aliphatic heterocycles. The van der Waals surface area contributed by atoms with E-state index >= 15 is 0 Å². The topological polar surface area (TPSA) is 61.0 Å². The Kier molecular flexibility index (Phi) is 5.59. The van der Waals surface area contributed by atoms with Gasteiger partial charge in [0.1, 0.15) is 5.75 Å². The van der Waals surface area contributed by atoms with Crippen molar-refractivity contribution in [2.75, 3.05) is 7.11 Å². The third-order valence-electron chi connectivity index (χ3n) is 3.30. The van der Waals surface area contributed by atoms with Crippen molar-refractivity contribution in [1.82, 2.24) is 9.97 Å². The quantitative estimate of drug-likeness (QED) is 0.655. The molecule has 112 valence electrons. The first-order valence-corrected chi connectivity index (χ1v) is 7.87. The summed E-state index contributed by atoms with van der Waals surface area (Å²) in [5, 5.41) is 0.800. The Bertz CT molecular complexity index is 574. The van der Waals surface area contributed by atoms with E-state index in [-0.39, 0.29) is 11.3 Å². The van der Waals surface area contributed by atoms with E-state index in [0.29, 0.717) is 0 Å². The normalized spacial score (nSPS) is 13.7. The highest BCUT2D eigenvalue weighted by atomic mass is 32.2. The number of thioether (sulfide) groups is 1. The molecule has 2 unspecified atom stereocenters. The van der Waals surface area contributed by atoms with Crippen LogP contribution in [-0.4, -0.2) is 23.1 Å². The van der Waals surface area contributed by atoms with Gasteiger partial charge in [-0.15, -0.1) is 0 Å². The van der Waals surface area contributed by atoms with Crippen molar-refractivity contribution in [3.63, 3.8) is 0 Å². The highest BCUT2D eigenvalue weighted by Crippen LogP contribution is 2.40. The lowest BCUT2D eigenvalue weighted by atomic mass is 10.0. The number of hydrogen-bond acceptors (Lipinski definition) is 5. The van der Waals surface area contributed by atoms with Gasteiger partial charge in [-0.05, 0) is 25.0 Å². The molecule has 1 aromatic heterocycles. The number of nitrogens with zero attached hydrogens (tertiary/aromatic N) is 2. The molecule has 0 bridgehead atoms. The van der Waals surface area contributed by atoms with Crippen molar-refractivity contribution in [3.8, 4) is 5.75 Å². The number of nitrogens with two attached hydrogens (primary N) is 1. The first kappa shape index (κ1) is 15.8. The summed E-state index contributed by atoms with van der Waals surface area (Å²) >= 11 is 1.59. The summed E-state index contributed by atoms with van der Waals surface area (Å²) in [6, 6.07) is 7.99. The maximum absolute atomic E-state index is 6.32. The minimum atomic E-state index is 0.0104. The Morgan fingerprint density at radius 3 is 2.52 bits per heavy atom. The fraction of sp³-hybridized carbons (Fsp3) is 0.375. The van der Waals surface area contributed by atoms with Gasteiger partial charge in [0.25, 0.3) is 0 Å². The fourth-order valence-corrected chi connectivity index (χ4v) is 3.20. The van der Waals surface area contributed by atoms with Gasteiger partial charge in [0.2, 0.25) is 0 Å². The summed E-state index contributed by atoms with van der Waals surface area (Å²) in [7, 11) is 1.68. The van der Waals surface area contributed by atoms with Crippen LogP contribution in [0.25, 0.3) is 0 Å². The second-order valence-corrected chi connectivity index (χ2v) is 6.00. The van der Waals surface area contributed by atoms with Crippen molar-refractivity contribution >= 4 is 11.8 Å². The van der Waals surface area contributed by atoms with E-state index < -0.39 is 0 Å². The molecule has 2 N–H and O–H groups in total. The Balaban J connectivity index is 2.32. The average Bonchev–Trinajstić information content (AvgIpc) is 2.53. The van der Waals surface area contributed by atoms with Crippen molar-refractivity contribution in [2.45, 2.75) is 36.7 Å². The Labute approximate surface area is 130 Å². The maximum Gasteiger partial charge on any atom is 0.188 e. The molecule has 2 rings (SSSR count). The van der Waals surface area contributed by atoms with Gasteiger partial charge in [0.05, 0.1) is 12.4 Å². The van der Waals surface area contributed by atoms with E-state index in [1.54, 1.807) is 18.9 Å². The van der Waals surface area contributed by atoms with Crippen LogP contribution < -0.4 is 10.5 Å². The van der Waals surface area contributed by atoms with Gasteiger partial charge in [-0.2, -0.15) is 0 Å². The van der Waals surface area contributed by atoms with Crippen LogP contribution in [0.2, 0.25) is 0 Å². The van der Waals surface area contributed by atoms with Crippen LogP contribution in [0.4, 0.5) is 0 Å². The predicted molar refractivity (Wildman–Crippen MR) is 86.6 cm³/mol. The van der Waals surface area contributed by atoms with Crippen molar-refractivity contribution in [2.24, 2.45) is 5.73 Å². The molecule has 0 amide bonds. The second-order valence-electron chi connectivity index (χ2n) is 4.90. The van der Waals surface area contributed by atoms with E-state index in [2.05, 4.69) is 23.0 Å². The summed E-state index contributed by atoms with van der Waals surface area (Å²) in [6.07, 6.45) is 4.53. The van der Waals surface area contributed by atoms with E-state index in [4.69, 9.17) is 10.5 Å². The first-order chi connectivity index (χ1) is 10.2. The van der Waals surface area contributed by atoms with Crippen LogP contribution >= 0.6 is 11.8 Å². The number of rotatable bonds is 6. The molecule has 21 heavy (non-hydrogen) atoms. The van der Waals surface area contributed by atoms with Crippen molar-refractivity contribution < 1.29 is 4.74 Å². The number of aryl methyl sites for hydroxylation is 1. The van der Waals surface area contributed by atoms with Crippen LogP contribution in [-0.2, 0) is 0 Å². The van der Waals surface area contributed by atoms with Crippen LogP contribution in [0.1, 0.15) is 29.7 Å². The van der Waals surface area contributed by atoms with E-state index in [9.17, 15) is 0 Å². The maximum atomic E-state index is 6.32. The molecule has 1 aromatic carbocycles. The molecule has 5 heteroatoms. The zero-order valence-corrected chi connectivity index (χ0v) is 13.4.